The van der Waals surface area contributed by atoms with Gasteiger partial charge < -0.3 is 10.2 Å². The van der Waals surface area contributed by atoms with E-state index < -0.39 is 0 Å². The Bertz CT molecular complexity index is 586. The second-order valence-corrected chi connectivity index (χ2v) is 3.80. The summed E-state index contributed by atoms with van der Waals surface area (Å²) < 4.78 is 0.858. The molecule has 0 saturated carbocycles. The van der Waals surface area contributed by atoms with E-state index in [4.69, 9.17) is 0 Å². The lowest BCUT2D eigenvalue weighted by Gasteiger charge is -1.97. The van der Waals surface area contributed by atoms with Gasteiger partial charge in [0, 0.05) is 5.56 Å². The van der Waals surface area contributed by atoms with Crippen molar-refractivity contribution in [3.8, 4) is 11.6 Å². The molecular weight excluding hydrogens is 228 g/mol. The average molecular weight is 236 g/mol. The summed E-state index contributed by atoms with van der Waals surface area (Å²) in [5, 5.41) is 23.8. The van der Waals surface area contributed by atoms with Gasteiger partial charge in [0.05, 0.1) is 11.6 Å². The van der Waals surface area contributed by atoms with Crippen molar-refractivity contribution in [2.75, 3.05) is 0 Å². The van der Waals surface area contributed by atoms with Crippen molar-refractivity contribution in [2.45, 2.75) is 0 Å². The van der Waals surface area contributed by atoms with E-state index in [1.54, 1.807) is 18.2 Å². The summed E-state index contributed by atoms with van der Waals surface area (Å²) in [5.74, 6) is -0.157. The van der Waals surface area contributed by atoms with Crippen molar-refractivity contribution >= 4 is 17.6 Å². The fourth-order valence-corrected chi connectivity index (χ4v) is 1.67. The van der Waals surface area contributed by atoms with Crippen LogP contribution in [-0.2, 0) is 0 Å². The summed E-state index contributed by atoms with van der Waals surface area (Å²) in [6.45, 7) is 0. The smallest absolute Gasteiger partial charge is 0.330 e. The molecule has 82 valence electrons. The van der Waals surface area contributed by atoms with E-state index in [-0.39, 0.29) is 16.5 Å². The Kier molecular flexibility index (Phi) is 2.74. The van der Waals surface area contributed by atoms with Gasteiger partial charge in [-0.2, -0.15) is 9.78 Å². The van der Waals surface area contributed by atoms with Crippen molar-refractivity contribution in [1.29, 1.82) is 0 Å². The van der Waals surface area contributed by atoms with Crippen LogP contribution in [0.15, 0.2) is 39.5 Å². The molecular formula is C10H8N2O3S. The molecule has 0 radical (unpaired) electrons. The van der Waals surface area contributed by atoms with Gasteiger partial charge in [0.15, 0.2) is 0 Å². The molecule has 1 aromatic heterocycles. The lowest BCUT2D eigenvalue weighted by Crippen LogP contribution is -2.07. The normalized spacial score (nSPS) is 11.0. The van der Waals surface area contributed by atoms with Gasteiger partial charge in [0.1, 0.15) is 5.75 Å². The van der Waals surface area contributed by atoms with Crippen LogP contribution in [0, 0.1) is 0 Å². The third-order valence-corrected chi connectivity index (χ3v) is 2.61. The highest BCUT2D eigenvalue weighted by molar-refractivity contribution is 7.07. The Labute approximate surface area is 94.5 Å². The summed E-state index contributed by atoms with van der Waals surface area (Å²) in [5.41, 5.74) is 0.472. The molecule has 2 rings (SSSR count). The molecule has 0 spiro atoms. The van der Waals surface area contributed by atoms with Gasteiger partial charge >= 0.3 is 4.87 Å². The number of rotatable bonds is 2. The maximum atomic E-state index is 11.2. The first-order valence-electron chi connectivity index (χ1n) is 4.40. The van der Waals surface area contributed by atoms with Crippen LogP contribution in [0.25, 0.3) is 0 Å². The SMILES string of the molecule is O=c1scc(O)n1N=Cc1ccccc1O. The predicted molar refractivity (Wildman–Crippen MR) is 61.3 cm³/mol. The quantitative estimate of drug-likeness (QED) is 0.769. The zero-order valence-electron chi connectivity index (χ0n) is 8.07. The first-order chi connectivity index (χ1) is 7.68. The van der Waals surface area contributed by atoms with E-state index in [0.717, 1.165) is 16.0 Å². The molecule has 0 unspecified atom stereocenters. The Morgan fingerprint density at radius 1 is 1.31 bits per heavy atom. The van der Waals surface area contributed by atoms with Crippen molar-refractivity contribution in [3.05, 3.63) is 44.9 Å². The Balaban J connectivity index is 2.36. The van der Waals surface area contributed by atoms with Crippen molar-refractivity contribution < 1.29 is 10.2 Å². The number of benzene rings is 1. The van der Waals surface area contributed by atoms with Crippen LogP contribution in [0.2, 0.25) is 0 Å². The number of phenolic OH excluding ortho intramolecular Hbond substituents is 1. The molecule has 0 fully saturated rings. The number of thiazole rings is 1. The molecule has 0 atom stereocenters. The van der Waals surface area contributed by atoms with Crippen molar-refractivity contribution in [1.82, 2.24) is 4.68 Å². The van der Waals surface area contributed by atoms with E-state index >= 15 is 0 Å². The van der Waals surface area contributed by atoms with Crippen LogP contribution in [0.3, 0.4) is 0 Å². The number of aromatic hydroxyl groups is 2. The Morgan fingerprint density at radius 2 is 2.06 bits per heavy atom. The highest BCUT2D eigenvalue weighted by atomic mass is 32.1. The predicted octanol–water partition coefficient (Wildman–Crippen LogP) is 1.20. The number of hydrogen-bond acceptors (Lipinski definition) is 5. The highest BCUT2D eigenvalue weighted by Crippen LogP contribution is 2.13. The van der Waals surface area contributed by atoms with Gasteiger partial charge in [0.25, 0.3) is 0 Å². The van der Waals surface area contributed by atoms with Crippen LogP contribution < -0.4 is 4.87 Å². The molecule has 2 aromatic rings. The maximum Gasteiger partial charge on any atom is 0.330 e. The topological polar surface area (TPSA) is 74.8 Å². The minimum atomic E-state index is -0.385. The number of nitrogens with zero attached hydrogens (tertiary/aromatic N) is 2. The minimum Gasteiger partial charge on any atom is -0.507 e. The number of phenols is 1. The monoisotopic (exact) mass is 236 g/mol. The fraction of sp³-hybridized carbons (Fsp3) is 0. The highest BCUT2D eigenvalue weighted by Gasteiger charge is 2.02. The zero-order valence-corrected chi connectivity index (χ0v) is 8.89. The van der Waals surface area contributed by atoms with E-state index in [0.29, 0.717) is 5.56 Å². The molecule has 1 heterocycles. The summed E-state index contributed by atoms with van der Waals surface area (Å²) in [6, 6.07) is 6.57. The number of aromatic nitrogens is 1. The van der Waals surface area contributed by atoms with Crippen molar-refractivity contribution in [2.24, 2.45) is 5.10 Å². The standard InChI is InChI=1S/C10H8N2O3S/c13-8-4-2-1-3-7(8)5-11-12-9(14)6-16-10(12)15/h1-6,13-14H. The fourth-order valence-electron chi connectivity index (χ4n) is 1.12. The van der Waals surface area contributed by atoms with Gasteiger partial charge in [-0.3, -0.25) is 4.79 Å². The van der Waals surface area contributed by atoms with Gasteiger partial charge in [-0.25, -0.2) is 0 Å². The van der Waals surface area contributed by atoms with Crippen molar-refractivity contribution in [3.63, 3.8) is 0 Å². The largest absolute Gasteiger partial charge is 0.507 e. The molecule has 6 heteroatoms. The minimum absolute atomic E-state index is 0.0639. The van der Waals surface area contributed by atoms with E-state index in [9.17, 15) is 15.0 Å². The van der Waals surface area contributed by atoms with Crippen LogP contribution in [0.4, 0.5) is 0 Å². The summed E-state index contributed by atoms with van der Waals surface area (Å²) >= 11 is 0.852. The molecule has 0 amide bonds. The first-order valence-corrected chi connectivity index (χ1v) is 5.28. The molecule has 0 aliphatic carbocycles. The van der Waals surface area contributed by atoms with Gasteiger partial charge in [-0.1, -0.05) is 23.5 Å². The van der Waals surface area contributed by atoms with Gasteiger partial charge in [-0.05, 0) is 12.1 Å². The number of hydrogen-bond donors (Lipinski definition) is 2. The van der Waals surface area contributed by atoms with Crippen LogP contribution in [0.1, 0.15) is 5.56 Å². The molecule has 16 heavy (non-hydrogen) atoms. The maximum absolute atomic E-state index is 11.2. The molecule has 1 aromatic carbocycles. The van der Waals surface area contributed by atoms with Gasteiger partial charge in [0.2, 0.25) is 5.88 Å². The molecule has 0 aliphatic heterocycles. The van der Waals surface area contributed by atoms with Crippen LogP contribution >= 0.6 is 11.3 Å². The van der Waals surface area contributed by atoms with Gasteiger partial charge in [-0.15, -0.1) is 0 Å². The lowest BCUT2D eigenvalue weighted by atomic mass is 10.2. The van der Waals surface area contributed by atoms with E-state index in [1.807, 2.05) is 0 Å². The molecule has 0 bridgehead atoms. The summed E-state index contributed by atoms with van der Waals surface area (Å²) in [6.07, 6.45) is 1.31. The zero-order chi connectivity index (χ0) is 11.5. The molecule has 5 nitrogen and oxygen atoms in total. The van der Waals surface area contributed by atoms with E-state index in [1.165, 1.54) is 17.7 Å². The summed E-state index contributed by atoms with van der Waals surface area (Å²) in [7, 11) is 0. The first kappa shape index (κ1) is 10.4. The molecule has 2 N–H and O–H groups in total. The van der Waals surface area contributed by atoms with E-state index in [2.05, 4.69) is 5.10 Å². The lowest BCUT2D eigenvalue weighted by molar-refractivity contribution is 0.427. The van der Waals surface area contributed by atoms with Crippen LogP contribution in [0.5, 0.6) is 11.6 Å². The van der Waals surface area contributed by atoms with Crippen LogP contribution in [-0.4, -0.2) is 21.1 Å². The third-order valence-electron chi connectivity index (χ3n) is 1.90. The summed E-state index contributed by atoms with van der Waals surface area (Å²) in [4.78, 5) is 10.8. The Hall–Kier alpha value is -2.08. The number of para-hydroxylation sites is 1. The average Bonchev–Trinajstić information content (AvgIpc) is 2.58. The second-order valence-electron chi connectivity index (χ2n) is 2.97. The second kappa shape index (κ2) is 4.19. The molecule has 0 saturated heterocycles. The molecule has 0 aliphatic rings. The third kappa shape index (κ3) is 1.96. The Morgan fingerprint density at radius 3 is 2.69 bits per heavy atom.